The molecule has 0 unspecified atom stereocenters. The van der Waals surface area contributed by atoms with Gasteiger partial charge in [-0.05, 0) is 73.5 Å². The van der Waals surface area contributed by atoms with Gasteiger partial charge in [0.05, 0.1) is 0 Å². The van der Waals surface area contributed by atoms with Gasteiger partial charge in [-0.25, -0.2) is 0 Å². The third-order valence-electron chi connectivity index (χ3n) is 9.06. The molecule has 4 rings (SSSR count). The Balaban J connectivity index is 1.63. The fraction of sp³-hybridized carbons (Fsp3) is 0.909. The quantitative estimate of drug-likeness (QED) is 0.642. The monoisotopic (exact) mass is 346 g/mol. The Kier molecular flexibility index (Phi) is 4.09. The third kappa shape index (κ3) is 2.51. The summed E-state index contributed by atoms with van der Waals surface area (Å²) in [5, 5.41) is 0. The van der Waals surface area contributed by atoms with Crippen molar-refractivity contribution in [2.45, 2.75) is 85.2 Å². The van der Waals surface area contributed by atoms with Crippen molar-refractivity contribution < 1.29 is 14.3 Å². The van der Waals surface area contributed by atoms with Crippen LogP contribution in [0.4, 0.5) is 0 Å². The summed E-state index contributed by atoms with van der Waals surface area (Å²) >= 11 is 0. The highest BCUT2D eigenvalue weighted by atomic mass is 16.5. The lowest BCUT2D eigenvalue weighted by Gasteiger charge is -2.62. The maximum Gasteiger partial charge on any atom is 0.302 e. The number of Topliss-reactive ketones (excluding diaryl/α,β-unsaturated/α-hetero) is 1. The van der Waals surface area contributed by atoms with E-state index in [1.165, 1.54) is 25.7 Å². The van der Waals surface area contributed by atoms with Crippen molar-refractivity contribution in [1.29, 1.82) is 0 Å². The number of ether oxygens (including phenoxy) is 1. The maximum atomic E-state index is 12.1. The minimum Gasteiger partial charge on any atom is -0.462 e. The van der Waals surface area contributed by atoms with E-state index < -0.39 is 0 Å². The zero-order valence-electron chi connectivity index (χ0n) is 16.3. The molecular formula is C22H34O3. The average molecular weight is 347 g/mol. The highest BCUT2D eigenvalue weighted by molar-refractivity contribution is 5.79. The lowest BCUT2D eigenvalue weighted by atomic mass is 9.43. The first kappa shape index (κ1) is 17.5. The number of carbonyl (C=O) groups is 2. The van der Waals surface area contributed by atoms with Crippen LogP contribution < -0.4 is 0 Å². The van der Waals surface area contributed by atoms with Crippen molar-refractivity contribution in [3.63, 3.8) is 0 Å². The number of esters is 1. The number of hydrogen-bond donors (Lipinski definition) is 0. The highest BCUT2D eigenvalue weighted by Crippen LogP contribution is 2.67. The van der Waals surface area contributed by atoms with Gasteiger partial charge in [-0.3, -0.25) is 9.59 Å². The average Bonchev–Trinajstić information content (AvgIpc) is 2.85. The second kappa shape index (κ2) is 5.82. The normalized spacial score (nSPS) is 52.1. The van der Waals surface area contributed by atoms with Crippen LogP contribution in [0.25, 0.3) is 0 Å². The Hall–Kier alpha value is -0.860. The number of fused-ring (bicyclic) bond motifs is 5. The Labute approximate surface area is 152 Å². The molecule has 25 heavy (non-hydrogen) atoms. The van der Waals surface area contributed by atoms with E-state index in [1.807, 2.05) is 0 Å². The van der Waals surface area contributed by atoms with Gasteiger partial charge in [0.2, 0.25) is 0 Å². The Morgan fingerprint density at radius 1 is 1.08 bits per heavy atom. The minimum absolute atomic E-state index is 0.113. The maximum absolute atomic E-state index is 12.1. The molecule has 0 aromatic rings. The van der Waals surface area contributed by atoms with Crippen molar-refractivity contribution in [1.82, 2.24) is 0 Å². The summed E-state index contributed by atoms with van der Waals surface area (Å²) in [4.78, 5) is 23.6. The molecule has 0 aromatic heterocycles. The largest absolute Gasteiger partial charge is 0.462 e. The molecule has 0 saturated heterocycles. The van der Waals surface area contributed by atoms with Crippen molar-refractivity contribution in [3.8, 4) is 0 Å². The van der Waals surface area contributed by atoms with Crippen LogP contribution in [0.15, 0.2) is 0 Å². The van der Waals surface area contributed by atoms with Gasteiger partial charge in [-0.1, -0.05) is 20.8 Å². The Morgan fingerprint density at radius 3 is 2.52 bits per heavy atom. The van der Waals surface area contributed by atoms with Gasteiger partial charge in [-0.15, -0.1) is 0 Å². The van der Waals surface area contributed by atoms with Crippen molar-refractivity contribution in [2.24, 2.45) is 40.4 Å². The van der Waals surface area contributed by atoms with E-state index in [9.17, 15) is 9.59 Å². The Bertz CT molecular complexity index is 584. The predicted octanol–water partition coefficient (Wildman–Crippen LogP) is 4.78. The van der Waals surface area contributed by atoms with Crippen LogP contribution in [0.1, 0.15) is 79.1 Å². The molecule has 3 nitrogen and oxygen atoms in total. The number of ketones is 1. The molecule has 0 bridgehead atoms. The van der Waals surface area contributed by atoms with E-state index in [0.29, 0.717) is 29.0 Å². The van der Waals surface area contributed by atoms with E-state index in [0.717, 1.165) is 37.5 Å². The molecule has 0 heterocycles. The van der Waals surface area contributed by atoms with Gasteiger partial charge < -0.3 is 4.74 Å². The van der Waals surface area contributed by atoms with Crippen molar-refractivity contribution in [2.75, 3.05) is 0 Å². The first-order chi connectivity index (χ1) is 11.8. The molecule has 4 aliphatic rings. The molecule has 0 spiro atoms. The van der Waals surface area contributed by atoms with E-state index in [-0.39, 0.29) is 17.5 Å². The minimum atomic E-state index is -0.122. The molecule has 0 N–H and O–H groups in total. The summed E-state index contributed by atoms with van der Waals surface area (Å²) in [6, 6.07) is 0. The Morgan fingerprint density at radius 2 is 1.80 bits per heavy atom. The van der Waals surface area contributed by atoms with Crippen molar-refractivity contribution in [3.05, 3.63) is 0 Å². The predicted molar refractivity (Wildman–Crippen MR) is 96.8 cm³/mol. The smallest absolute Gasteiger partial charge is 0.302 e. The van der Waals surface area contributed by atoms with Gasteiger partial charge in [0.25, 0.3) is 0 Å². The molecule has 0 radical (unpaired) electrons. The zero-order valence-corrected chi connectivity index (χ0v) is 16.3. The summed E-state index contributed by atoms with van der Waals surface area (Å²) in [6.07, 6.45) is 8.72. The summed E-state index contributed by atoms with van der Waals surface area (Å²) in [7, 11) is 0. The summed E-state index contributed by atoms with van der Waals surface area (Å²) in [6.45, 7) is 8.87. The van der Waals surface area contributed by atoms with Gasteiger partial charge in [-0.2, -0.15) is 0 Å². The third-order valence-corrected chi connectivity index (χ3v) is 9.06. The number of hydrogen-bond acceptors (Lipinski definition) is 3. The van der Waals surface area contributed by atoms with Gasteiger partial charge in [0.15, 0.2) is 0 Å². The van der Waals surface area contributed by atoms with Gasteiger partial charge in [0, 0.05) is 25.2 Å². The first-order valence-corrected chi connectivity index (χ1v) is 10.4. The summed E-state index contributed by atoms with van der Waals surface area (Å²) in [5.41, 5.74) is 0.515. The van der Waals surface area contributed by atoms with Crippen LogP contribution >= 0.6 is 0 Å². The highest BCUT2D eigenvalue weighted by Gasteiger charge is 2.62. The lowest BCUT2D eigenvalue weighted by molar-refractivity contribution is -0.167. The molecular weight excluding hydrogens is 312 g/mol. The van der Waals surface area contributed by atoms with Crippen molar-refractivity contribution >= 4 is 11.8 Å². The molecule has 0 aromatic carbocycles. The molecule has 8 atom stereocenters. The van der Waals surface area contributed by atoms with E-state index in [2.05, 4.69) is 20.8 Å². The van der Waals surface area contributed by atoms with Crippen LogP contribution in [0.3, 0.4) is 0 Å². The summed E-state index contributed by atoms with van der Waals surface area (Å²) in [5.74, 6) is 3.83. The lowest BCUT2D eigenvalue weighted by Crippen LogP contribution is -2.56. The molecule has 0 amide bonds. The van der Waals surface area contributed by atoms with Gasteiger partial charge in [0.1, 0.15) is 11.9 Å². The van der Waals surface area contributed by atoms with E-state index >= 15 is 0 Å². The van der Waals surface area contributed by atoms with Crippen LogP contribution in [0.5, 0.6) is 0 Å². The standard InChI is InChI=1S/C22H34O3/c1-13-11-15-12-16(24)7-9-21(15,3)18-8-10-22(4)17(20(13)18)5-6-19(22)25-14(2)23/h13,15,17-20H,5-12H2,1-4H3/t13-,15-,17+,18+,19-,20+,21+,22+/m1/s1. The van der Waals surface area contributed by atoms with Crippen LogP contribution in [0.2, 0.25) is 0 Å². The molecule has 3 heteroatoms. The fourth-order valence-corrected chi connectivity index (χ4v) is 7.77. The molecule has 4 fully saturated rings. The second-order valence-electron chi connectivity index (χ2n) is 10.2. The van der Waals surface area contributed by atoms with E-state index in [1.54, 1.807) is 6.92 Å². The molecule has 0 aliphatic heterocycles. The molecule has 4 saturated carbocycles. The summed E-state index contributed by atoms with van der Waals surface area (Å²) < 4.78 is 5.76. The zero-order chi connectivity index (χ0) is 18.0. The van der Waals surface area contributed by atoms with Crippen LogP contribution in [-0.2, 0) is 14.3 Å². The van der Waals surface area contributed by atoms with Gasteiger partial charge >= 0.3 is 5.97 Å². The topological polar surface area (TPSA) is 43.4 Å². The SMILES string of the molecule is CC(=O)O[C@@H]1CC[C@H]2[C@@H]3[C@H](C)C[C@@H]4CC(=O)CC[C@]4(C)[C@H]3CC[C@]12C. The van der Waals surface area contributed by atoms with E-state index in [4.69, 9.17) is 4.74 Å². The molecule has 4 aliphatic carbocycles. The fourth-order valence-electron chi connectivity index (χ4n) is 7.77. The van der Waals surface area contributed by atoms with Crippen LogP contribution in [0, 0.1) is 40.4 Å². The number of rotatable bonds is 1. The van der Waals surface area contributed by atoms with Crippen LogP contribution in [-0.4, -0.2) is 17.9 Å². The second-order valence-corrected chi connectivity index (χ2v) is 10.2. The first-order valence-electron chi connectivity index (χ1n) is 10.4. The number of carbonyl (C=O) groups excluding carboxylic acids is 2. The molecule has 140 valence electrons.